The number of nitrogens with zero attached hydrogens (tertiary/aromatic N) is 4. The monoisotopic (exact) mass is 482 g/mol. The number of amides is 1. The number of carbonyl (C=O) groups excluding carboxylic acids is 1. The van der Waals surface area contributed by atoms with Crippen LogP contribution in [0, 0.1) is 0 Å². The number of carboxylic acids is 1. The maximum absolute atomic E-state index is 13.7. The van der Waals surface area contributed by atoms with Gasteiger partial charge in [-0.1, -0.05) is 30.3 Å². The quantitative estimate of drug-likeness (QED) is 0.475. The fourth-order valence-electron chi connectivity index (χ4n) is 4.65. The van der Waals surface area contributed by atoms with Gasteiger partial charge in [0.05, 0.1) is 5.69 Å². The lowest BCUT2D eigenvalue weighted by atomic mass is 9.93. The molecule has 2 aliphatic heterocycles. The van der Waals surface area contributed by atoms with Crippen LogP contribution in [0.25, 0.3) is 17.1 Å². The summed E-state index contributed by atoms with van der Waals surface area (Å²) in [6.45, 7) is 1.13. The summed E-state index contributed by atoms with van der Waals surface area (Å²) in [5.74, 6) is 0.292. The predicted molar refractivity (Wildman–Crippen MR) is 129 cm³/mol. The van der Waals surface area contributed by atoms with E-state index in [1.54, 1.807) is 29.1 Å². The first-order valence-corrected chi connectivity index (χ1v) is 11.6. The average Bonchev–Trinajstić information content (AvgIpc) is 3.38. The molecule has 0 radical (unpaired) electrons. The molecule has 4 heterocycles. The number of pyridine rings is 1. The van der Waals surface area contributed by atoms with E-state index in [2.05, 4.69) is 10.1 Å². The second-order valence-corrected chi connectivity index (χ2v) is 8.63. The Bertz CT molecular complexity index is 1470. The molecule has 1 atom stereocenters. The SMILES string of the molecule is O=C(O)[C@@H]1Cc2ccccc2CN1C(=O)c1cc(-c2ccc3c(c2)OCCO3)n(-c2ccccn2)n1. The summed E-state index contributed by atoms with van der Waals surface area (Å²) in [6.07, 6.45) is 1.89. The van der Waals surface area contributed by atoms with E-state index in [4.69, 9.17) is 9.47 Å². The molecule has 180 valence electrons. The summed E-state index contributed by atoms with van der Waals surface area (Å²) < 4.78 is 13.0. The van der Waals surface area contributed by atoms with Crippen LogP contribution >= 0.6 is 0 Å². The Kier molecular flexibility index (Phi) is 5.37. The number of aliphatic carboxylic acids is 1. The Hall–Kier alpha value is -4.66. The molecule has 0 spiro atoms. The number of benzene rings is 2. The highest BCUT2D eigenvalue weighted by Gasteiger charge is 2.36. The standard InChI is InChI=1S/C27H22N4O5/c32-26(30-16-19-6-2-1-5-17(19)13-22(30)27(33)34)20-15-21(31(29-20)25-7-3-4-10-28-25)18-8-9-23-24(14-18)36-12-11-35-23/h1-10,14-15,22H,11-13,16H2,(H,33,34)/t22-/m0/s1. The first-order chi connectivity index (χ1) is 17.6. The van der Waals surface area contributed by atoms with Crippen molar-refractivity contribution in [2.45, 2.75) is 19.0 Å². The molecular formula is C27H22N4O5. The Morgan fingerprint density at radius 2 is 1.69 bits per heavy atom. The van der Waals surface area contributed by atoms with Gasteiger partial charge in [0.2, 0.25) is 0 Å². The number of fused-ring (bicyclic) bond motifs is 2. The van der Waals surface area contributed by atoms with Crippen molar-refractivity contribution in [2.24, 2.45) is 0 Å². The second kappa shape index (κ2) is 8.84. The molecule has 9 heteroatoms. The molecule has 0 saturated heterocycles. The molecule has 9 nitrogen and oxygen atoms in total. The molecule has 0 bridgehead atoms. The third-order valence-corrected chi connectivity index (χ3v) is 6.43. The Morgan fingerprint density at radius 1 is 0.917 bits per heavy atom. The van der Waals surface area contributed by atoms with Gasteiger partial charge in [-0.25, -0.2) is 14.5 Å². The summed E-state index contributed by atoms with van der Waals surface area (Å²) in [6, 6.07) is 19.2. The zero-order valence-electron chi connectivity index (χ0n) is 19.2. The van der Waals surface area contributed by atoms with Crippen LogP contribution < -0.4 is 9.47 Å². The molecule has 0 saturated carbocycles. The zero-order valence-corrected chi connectivity index (χ0v) is 19.2. The second-order valence-electron chi connectivity index (χ2n) is 8.63. The summed E-state index contributed by atoms with van der Waals surface area (Å²) in [4.78, 5) is 31.6. The molecule has 0 aliphatic carbocycles. The van der Waals surface area contributed by atoms with E-state index >= 15 is 0 Å². The van der Waals surface area contributed by atoms with E-state index in [0.29, 0.717) is 36.2 Å². The van der Waals surface area contributed by atoms with Crippen molar-refractivity contribution in [3.63, 3.8) is 0 Å². The molecule has 2 aromatic heterocycles. The van der Waals surface area contributed by atoms with Gasteiger partial charge >= 0.3 is 5.97 Å². The summed E-state index contributed by atoms with van der Waals surface area (Å²) >= 11 is 0. The zero-order chi connectivity index (χ0) is 24.6. The van der Waals surface area contributed by atoms with Crippen molar-refractivity contribution in [2.75, 3.05) is 13.2 Å². The maximum atomic E-state index is 13.7. The first-order valence-electron chi connectivity index (χ1n) is 11.6. The number of hydrogen-bond acceptors (Lipinski definition) is 6. The lowest BCUT2D eigenvalue weighted by molar-refractivity contribution is -0.142. The summed E-state index contributed by atoms with van der Waals surface area (Å²) in [5.41, 5.74) is 3.38. The molecular weight excluding hydrogens is 460 g/mol. The van der Waals surface area contributed by atoms with Crippen molar-refractivity contribution in [1.29, 1.82) is 0 Å². The molecule has 1 N–H and O–H groups in total. The van der Waals surface area contributed by atoms with Gasteiger partial charge < -0.3 is 19.5 Å². The van der Waals surface area contributed by atoms with Gasteiger partial charge in [0.25, 0.3) is 5.91 Å². The number of hydrogen-bond donors (Lipinski definition) is 1. The minimum absolute atomic E-state index is 0.135. The van der Waals surface area contributed by atoms with Crippen LogP contribution in [0.3, 0.4) is 0 Å². The third kappa shape index (κ3) is 3.84. The van der Waals surface area contributed by atoms with E-state index in [0.717, 1.165) is 16.7 Å². The van der Waals surface area contributed by atoms with Crippen LogP contribution in [0.5, 0.6) is 11.5 Å². The Balaban J connectivity index is 1.43. The van der Waals surface area contributed by atoms with Gasteiger partial charge in [-0.15, -0.1) is 0 Å². The lowest BCUT2D eigenvalue weighted by Gasteiger charge is -2.34. The highest BCUT2D eigenvalue weighted by atomic mass is 16.6. The minimum Gasteiger partial charge on any atom is -0.486 e. The molecule has 0 fully saturated rings. The molecule has 1 amide bonds. The van der Waals surface area contributed by atoms with Crippen LogP contribution in [0.1, 0.15) is 21.6 Å². The largest absolute Gasteiger partial charge is 0.486 e. The van der Waals surface area contributed by atoms with Crippen LogP contribution in [0.15, 0.2) is 72.9 Å². The normalized spacial score (nSPS) is 16.3. The maximum Gasteiger partial charge on any atom is 0.326 e. The highest BCUT2D eigenvalue weighted by Crippen LogP contribution is 2.35. The molecule has 2 aromatic carbocycles. The topological polar surface area (TPSA) is 107 Å². The van der Waals surface area contributed by atoms with E-state index in [1.165, 1.54) is 4.90 Å². The fourth-order valence-corrected chi connectivity index (χ4v) is 4.65. The Morgan fingerprint density at radius 3 is 2.47 bits per heavy atom. The number of aromatic nitrogens is 3. The molecule has 6 rings (SSSR count). The summed E-state index contributed by atoms with van der Waals surface area (Å²) in [5, 5.41) is 14.5. The minimum atomic E-state index is -1.05. The van der Waals surface area contributed by atoms with E-state index in [-0.39, 0.29) is 18.7 Å². The van der Waals surface area contributed by atoms with Gasteiger partial charge in [-0.3, -0.25) is 4.79 Å². The van der Waals surface area contributed by atoms with Gasteiger partial charge in [0.1, 0.15) is 19.3 Å². The average molecular weight is 482 g/mol. The molecule has 0 unspecified atom stereocenters. The van der Waals surface area contributed by atoms with Crippen LogP contribution in [-0.4, -0.2) is 55.9 Å². The lowest BCUT2D eigenvalue weighted by Crippen LogP contribution is -2.48. The van der Waals surface area contributed by atoms with Gasteiger partial charge in [0.15, 0.2) is 23.0 Å². The number of carbonyl (C=O) groups is 2. The van der Waals surface area contributed by atoms with E-state index < -0.39 is 17.9 Å². The van der Waals surface area contributed by atoms with Crippen LogP contribution in [-0.2, 0) is 17.8 Å². The smallest absolute Gasteiger partial charge is 0.326 e. The summed E-state index contributed by atoms with van der Waals surface area (Å²) in [7, 11) is 0. The number of rotatable bonds is 4. The van der Waals surface area contributed by atoms with E-state index in [1.807, 2.05) is 48.5 Å². The molecule has 2 aliphatic rings. The van der Waals surface area contributed by atoms with E-state index in [9.17, 15) is 14.7 Å². The third-order valence-electron chi connectivity index (χ3n) is 6.43. The molecule has 4 aromatic rings. The number of carboxylic acid groups (broad SMARTS) is 1. The van der Waals surface area contributed by atoms with Gasteiger partial charge in [-0.2, -0.15) is 5.10 Å². The number of ether oxygens (including phenoxy) is 2. The van der Waals surface area contributed by atoms with Crippen molar-refractivity contribution in [3.05, 3.63) is 89.7 Å². The predicted octanol–water partition coefficient (Wildman–Crippen LogP) is 3.36. The van der Waals surface area contributed by atoms with Crippen LogP contribution in [0.4, 0.5) is 0 Å². The van der Waals surface area contributed by atoms with Crippen molar-refractivity contribution < 1.29 is 24.2 Å². The fraction of sp³-hybridized carbons (Fsp3) is 0.185. The van der Waals surface area contributed by atoms with Crippen LogP contribution in [0.2, 0.25) is 0 Å². The van der Waals surface area contributed by atoms with Crippen molar-refractivity contribution >= 4 is 11.9 Å². The molecule has 36 heavy (non-hydrogen) atoms. The highest BCUT2D eigenvalue weighted by molar-refractivity contribution is 5.96. The van der Waals surface area contributed by atoms with Crippen molar-refractivity contribution in [3.8, 4) is 28.6 Å². The van der Waals surface area contributed by atoms with Crippen molar-refractivity contribution in [1.82, 2.24) is 19.7 Å². The van der Waals surface area contributed by atoms with Gasteiger partial charge in [0, 0.05) is 24.7 Å². The van der Waals surface area contributed by atoms with Gasteiger partial charge in [-0.05, 0) is 47.5 Å². The first kappa shape index (κ1) is 21.8. The Labute approximate surface area is 206 Å².